The van der Waals surface area contributed by atoms with E-state index in [0.717, 1.165) is 5.75 Å². The highest BCUT2D eigenvalue weighted by atomic mass is 35.5. The minimum absolute atomic E-state index is 0.354. The third-order valence-electron chi connectivity index (χ3n) is 2.91. The lowest BCUT2D eigenvalue weighted by Crippen LogP contribution is -2.46. The molecule has 1 fully saturated rings. The summed E-state index contributed by atoms with van der Waals surface area (Å²) in [7, 11) is 0. The normalized spacial score (nSPS) is 20.9. The second-order valence-electron chi connectivity index (χ2n) is 4.14. The summed E-state index contributed by atoms with van der Waals surface area (Å²) >= 11 is 7.62. The van der Waals surface area contributed by atoms with Gasteiger partial charge in [-0.05, 0) is 23.8 Å². The Labute approximate surface area is 114 Å². The molecule has 0 bridgehead atoms. The molecule has 0 aliphatic carbocycles. The van der Waals surface area contributed by atoms with Gasteiger partial charge in [0.2, 0.25) is 0 Å². The quantitative estimate of drug-likeness (QED) is 0.928. The molecule has 0 aromatic heterocycles. The first-order chi connectivity index (χ1) is 8.58. The summed E-state index contributed by atoms with van der Waals surface area (Å²) in [6, 6.07) is 3.64. The number of carboxylic acids is 1. The molecule has 1 atom stereocenters. The smallest absolute Gasteiger partial charge is 0.321 e. The van der Waals surface area contributed by atoms with Gasteiger partial charge in [-0.15, -0.1) is 0 Å². The van der Waals surface area contributed by atoms with Gasteiger partial charge in [0.05, 0.1) is 0 Å². The van der Waals surface area contributed by atoms with Crippen LogP contribution in [0.1, 0.15) is 5.56 Å². The number of halogens is 2. The standard InChI is InChI=1S/C12H13ClFNO2S/c13-10-2-1-9(14)5-8(10)6-15-3-4-18-7-11(15)12(16)17/h1-2,5,11H,3-4,6-7H2,(H,16,17). The Bertz CT molecular complexity index is 458. The molecular formula is C12H13ClFNO2S. The minimum atomic E-state index is -0.838. The lowest BCUT2D eigenvalue weighted by Gasteiger charge is -2.32. The Morgan fingerprint density at radius 1 is 1.61 bits per heavy atom. The maximum absolute atomic E-state index is 13.2. The van der Waals surface area contributed by atoms with Gasteiger partial charge in [-0.1, -0.05) is 11.6 Å². The van der Waals surface area contributed by atoms with Crippen LogP contribution in [0.15, 0.2) is 18.2 Å². The Balaban J connectivity index is 2.15. The molecule has 0 saturated carbocycles. The van der Waals surface area contributed by atoms with E-state index in [0.29, 0.717) is 29.4 Å². The minimum Gasteiger partial charge on any atom is -0.480 e. The first kappa shape index (κ1) is 13.6. The SMILES string of the molecule is O=C(O)C1CSCCN1Cc1cc(F)ccc1Cl. The van der Waals surface area contributed by atoms with Gasteiger partial charge in [-0.2, -0.15) is 11.8 Å². The van der Waals surface area contributed by atoms with E-state index >= 15 is 0 Å². The van der Waals surface area contributed by atoms with Crippen LogP contribution in [0.4, 0.5) is 4.39 Å². The number of aliphatic carboxylic acids is 1. The largest absolute Gasteiger partial charge is 0.480 e. The van der Waals surface area contributed by atoms with Gasteiger partial charge in [0.25, 0.3) is 0 Å². The van der Waals surface area contributed by atoms with Gasteiger partial charge >= 0.3 is 5.97 Å². The number of carboxylic acid groups (broad SMARTS) is 1. The molecule has 1 unspecified atom stereocenters. The summed E-state index contributed by atoms with van der Waals surface area (Å²) in [6.45, 7) is 1.04. The van der Waals surface area contributed by atoms with Crippen molar-refractivity contribution in [3.8, 4) is 0 Å². The summed E-state index contributed by atoms with van der Waals surface area (Å²) in [5.41, 5.74) is 0.634. The average molecular weight is 290 g/mol. The topological polar surface area (TPSA) is 40.5 Å². The van der Waals surface area contributed by atoms with Crippen molar-refractivity contribution in [1.29, 1.82) is 0 Å². The van der Waals surface area contributed by atoms with Crippen LogP contribution in [0.2, 0.25) is 5.02 Å². The summed E-state index contributed by atoms with van der Waals surface area (Å²) < 4.78 is 13.2. The van der Waals surface area contributed by atoms with Crippen LogP contribution in [0.5, 0.6) is 0 Å². The monoisotopic (exact) mass is 289 g/mol. The Morgan fingerprint density at radius 2 is 2.39 bits per heavy atom. The molecule has 1 heterocycles. The van der Waals surface area contributed by atoms with Crippen LogP contribution >= 0.6 is 23.4 Å². The fourth-order valence-electron chi connectivity index (χ4n) is 1.94. The molecule has 1 saturated heterocycles. The van der Waals surface area contributed by atoms with Crippen molar-refractivity contribution < 1.29 is 14.3 Å². The van der Waals surface area contributed by atoms with Gasteiger partial charge in [-0.3, -0.25) is 9.69 Å². The Hall–Kier alpha value is -0.780. The van der Waals surface area contributed by atoms with Crippen molar-refractivity contribution in [1.82, 2.24) is 4.90 Å². The highest BCUT2D eigenvalue weighted by Gasteiger charge is 2.29. The van der Waals surface area contributed by atoms with Crippen LogP contribution in [-0.2, 0) is 11.3 Å². The predicted molar refractivity (Wildman–Crippen MR) is 70.6 cm³/mol. The number of hydrogen-bond donors (Lipinski definition) is 1. The van der Waals surface area contributed by atoms with Crippen molar-refractivity contribution >= 4 is 29.3 Å². The van der Waals surface area contributed by atoms with Crippen molar-refractivity contribution in [2.45, 2.75) is 12.6 Å². The van der Waals surface area contributed by atoms with Gasteiger partial charge in [0.15, 0.2) is 0 Å². The first-order valence-corrected chi connectivity index (χ1v) is 7.09. The first-order valence-electron chi connectivity index (χ1n) is 5.56. The summed E-state index contributed by atoms with van der Waals surface area (Å²) in [5, 5.41) is 9.62. The zero-order valence-corrected chi connectivity index (χ0v) is 11.2. The second-order valence-corrected chi connectivity index (χ2v) is 5.69. The lowest BCUT2D eigenvalue weighted by atomic mass is 10.1. The highest BCUT2D eigenvalue weighted by Crippen LogP contribution is 2.23. The molecule has 1 aromatic carbocycles. The van der Waals surface area contributed by atoms with E-state index in [1.165, 1.54) is 18.2 Å². The number of carbonyl (C=O) groups is 1. The predicted octanol–water partition coefficient (Wildman–Crippen LogP) is 2.48. The molecule has 6 heteroatoms. The molecule has 98 valence electrons. The molecule has 3 nitrogen and oxygen atoms in total. The second kappa shape index (κ2) is 5.91. The van der Waals surface area contributed by atoms with Gasteiger partial charge in [0, 0.05) is 29.6 Å². The van der Waals surface area contributed by atoms with Crippen LogP contribution in [0.25, 0.3) is 0 Å². The lowest BCUT2D eigenvalue weighted by molar-refractivity contribution is -0.142. The van der Waals surface area contributed by atoms with E-state index in [2.05, 4.69) is 0 Å². The number of rotatable bonds is 3. The van der Waals surface area contributed by atoms with Crippen LogP contribution in [0, 0.1) is 5.82 Å². The molecule has 2 rings (SSSR count). The maximum atomic E-state index is 13.2. The third kappa shape index (κ3) is 3.16. The van der Waals surface area contributed by atoms with Crippen molar-refractivity contribution in [2.75, 3.05) is 18.1 Å². The number of hydrogen-bond acceptors (Lipinski definition) is 3. The van der Waals surface area contributed by atoms with E-state index in [1.807, 2.05) is 4.90 Å². The molecule has 1 aliphatic rings. The van der Waals surface area contributed by atoms with E-state index in [9.17, 15) is 9.18 Å². The van der Waals surface area contributed by atoms with E-state index < -0.39 is 12.0 Å². The van der Waals surface area contributed by atoms with Gasteiger partial charge < -0.3 is 5.11 Å². The molecular weight excluding hydrogens is 277 g/mol. The van der Waals surface area contributed by atoms with Gasteiger partial charge in [-0.25, -0.2) is 4.39 Å². The Morgan fingerprint density at radius 3 is 3.11 bits per heavy atom. The number of benzene rings is 1. The van der Waals surface area contributed by atoms with E-state index in [4.69, 9.17) is 16.7 Å². The Kier molecular flexibility index (Phi) is 4.48. The number of nitrogens with zero attached hydrogens (tertiary/aromatic N) is 1. The van der Waals surface area contributed by atoms with E-state index in [-0.39, 0.29) is 5.82 Å². The fraction of sp³-hybridized carbons (Fsp3) is 0.417. The molecule has 1 aromatic rings. The molecule has 1 N–H and O–H groups in total. The molecule has 18 heavy (non-hydrogen) atoms. The zero-order chi connectivity index (χ0) is 13.1. The fourth-order valence-corrected chi connectivity index (χ4v) is 3.22. The zero-order valence-electron chi connectivity index (χ0n) is 9.60. The molecule has 0 amide bonds. The number of thioether (sulfide) groups is 1. The summed E-state index contributed by atoms with van der Waals surface area (Å²) in [6.07, 6.45) is 0. The molecule has 1 aliphatic heterocycles. The van der Waals surface area contributed by atoms with Crippen LogP contribution in [-0.4, -0.2) is 40.1 Å². The van der Waals surface area contributed by atoms with Crippen molar-refractivity contribution in [3.63, 3.8) is 0 Å². The maximum Gasteiger partial charge on any atom is 0.321 e. The highest BCUT2D eigenvalue weighted by molar-refractivity contribution is 7.99. The summed E-state index contributed by atoms with van der Waals surface area (Å²) in [5.74, 6) is 0.251. The van der Waals surface area contributed by atoms with Crippen LogP contribution in [0.3, 0.4) is 0 Å². The average Bonchev–Trinajstić information content (AvgIpc) is 2.34. The van der Waals surface area contributed by atoms with E-state index in [1.54, 1.807) is 11.8 Å². The summed E-state index contributed by atoms with van der Waals surface area (Å²) in [4.78, 5) is 13.0. The van der Waals surface area contributed by atoms with Crippen molar-refractivity contribution in [2.24, 2.45) is 0 Å². The van der Waals surface area contributed by atoms with Gasteiger partial charge in [0.1, 0.15) is 11.9 Å². The van der Waals surface area contributed by atoms with Crippen molar-refractivity contribution in [3.05, 3.63) is 34.6 Å². The molecule has 0 spiro atoms. The third-order valence-corrected chi connectivity index (χ3v) is 4.30. The van der Waals surface area contributed by atoms with Crippen LogP contribution < -0.4 is 0 Å². The molecule has 0 radical (unpaired) electrons.